The van der Waals surface area contributed by atoms with E-state index < -0.39 is 48.1 Å². The standard InChI is InChI=1S/C23H30Br2F3NO3/c1-5-6-7-8-9-29-21-14(19(27)18(26)13(11-31-4)20(21)28)12-32-22(30)17-15(10-16(24)25)23(17,2)3/h10,15,17,29H,5-9,11-12H2,1-4H3/t15-,17-/m0/s1. The first-order chi connectivity index (χ1) is 15.1. The summed E-state index contributed by atoms with van der Waals surface area (Å²) in [5.41, 5.74) is -1.35. The van der Waals surface area contributed by atoms with Gasteiger partial charge in [-0.25, -0.2) is 13.2 Å². The fraction of sp³-hybridized carbons (Fsp3) is 0.609. The number of anilines is 1. The number of halogens is 5. The van der Waals surface area contributed by atoms with E-state index in [9.17, 15) is 13.6 Å². The molecule has 1 aromatic rings. The lowest BCUT2D eigenvalue weighted by Crippen LogP contribution is -2.17. The first-order valence-corrected chi connectivity index (χ1v) is 12.3. The van der Waals surface area contributed by atoms with Gasteiger partial charge in [0.1, 0.15) is 6.61 Å². The number of carbonyl (C=O) groups is 1. The summed E-state index contributed by atoms with van der Waals surface area (Å²) in [7, 11) is 1.28. The molecule has 1 fully saturated rings. The number of methoxy groups -OCH3 is 1. The van der Waals surface area contributed by atoms with Gasteiger partial charge in [-0.3, -0.25) is 4.79 Å². The normalized spacial score (nSPS) is 18.9. The Morgan fingerprint density at radius 3 is 2.31 bits per heavy atom. The number of hydrogen-bond donors (Lipinski definition) is 1. The van der Waals surface area contributed by atoms with E-state index in [0.717, 1.165) is 29.1 Å². The van der Waals surface area contributed by atoms with Crippen molar-refractivity contribution >= 4 is 43.5 Å². The Hall–Kier alpha value is -1.06. The first kappa shape index (κ1) is 27.2. The average molecular weight is 585 g/mol. The fourth-order valence-electron chi connectivity index (χ4n) is 3.92. The summed E-state index contributed by atoms with van der Waals surface area (Å²) in [6.45, 7) is 5.32. The van der Waals surface area contributed by atoms with Gasteiger partial charge in [-0.15, -0.1) is 0 Å². The number of carbonyl (C=O) groups excluding carboxylic acids is 1. The van der Waals surface area contributed by atoms with Gasteiger partial charge in [0.2, 0.25) is 0 Å². The number of allylic oxidation sites excluding steroid dienone is 1. The van der Waals surface area contributed by atoms with Gasteiger partial charge >= 0.3 is 5.97 Å². The second-order valence-corrected chi connectivity index (χ2v) is 11.4. The highest BCUT2D eigenvalue weighted by atomic mass is 79.9. The molecule has 4 nitrogen and oxygen atoms in total. The van der Waals surface area contributed by atoms with E-state index >= 15 is 4.39 Å². The van der Waals surface area contributed by atoms with Crippen LogP contribution in [0.5, 0.6) is 0 Å². The van der Waals surface area contributed by atoms with Crippen LogP contribution in [-0.2, 0) is 27.5 Å². The van der Waals surface area contributed by atoms with E-state index in [1.54, 1.807) is 0 Å². The van der Waals surface area contributed by atoms with Crippen molar-refractivity contribution in [3.8, 4) is 0 Å². The van der Waals surface area contributed by atoms with Crippen LogP contribution in [0.2, 0.25) is 0 Å². The number of rotatable bonds is 12. The summed E-state index contributed by atoms with van der Waals surface area (Å²) in [5, 5.41) is 2.88. The van der Waals surface area contributed by atoms with Crippen LogP contribution in [-0.4, -0.2) is 19.6 Å². The maximum absolute atomic E-state index is 15.1. The molecular weight excluding hydrogens is 555 g/mol. The molecule has 0 bridgehead atoms. The van der Waals surface area contributed by atoms with Crippen molar-refractivity contribution in [1.29, 1.82) is 0 Å². The van der Waals surface area contributed by atoms with Crippen molar-refractivity contribution in [2.75, 3.05) is 19.0 Å². The van der Waals surface area contributed by atoms with E-state index in [1.807, 2.05) is 19.9 Å². The lowest BCUT2D eigenvalue weighted by Gasteiger charge is -2.18. The van der Waals surface area contributed by atoms with Crippen LogP contribution in [0.25, 0.3) is 0 Å². The highest BCUT2D eigenvalue weighted by Crippen LogP contribution is 2.60. The van der Waals surface area contributed by atoms with Crippen molar-refractivity contribution < 1.29 is 27.4 Å². The SMILES string of the molecule is CCCCCCNc1c(F)c(COC)c(F)c(F)c1COC(=O)[C@@H]1[C@H](C=C(Br)Br)C1(C)C. The van der Waals surface area contributed by atoms with E-state index in [4.69, 9.17) is 9.47 Å². The van der Waals surface area contributed by atoms with Crippen molar-refractivity contribution in [3.63, 3.8) is 0 Å². The van der Waals surface area contributed by atoms with Gasteiger partial charge < -0.3 is 14.8 Å². The third-order valence-electron chi connectivity index (χ3n) is 5.96. The predicted molar refractivity (Wildman–Crippen MR) is 126 cm³/mol. The van der Waals surface area contributed by atoms with Crippen molar-refractivity contribution in [2.24, 2.45) is 17.3 Å². The first-order valence-electron chi connectivity index (χ1n) is 10.7. The Morgan fingerprint density at radius 2 is 1.72 bits per heavy atom. The topological polar surface area (TPSA) is 47.6 Å². The predicted octanol–water partition coefficient (Wildman–Crippen LogP) is 7.19. The highest BCUT2D eigenvalue weighted by molar-refractivity contribution is 9.28. The van der Waals surface area contributed by atoms with Gasteiger partial charge in [0.05, 0.1) is 32.7 Å². The van der Waals surface area contributed by atoms with Crippen LogP contribution in [0.4, 0.5) is 18.9 Å². The molecule has 0 radical (unpaired) electrons. The Balaban J connectivity index is 2.23. The summed E-state index contributed by atoms with van der Waals surface area (Å²) >= 11 is 6.57. The maximum Gasteiger partial charge on any atom is 0.310 e. The smallest absolute Gasteiger partial charge is 0.310 e. The molecule has 0 aliphatic heterocycles. The van der Waals surface area contributed by atoms with Gasteiger partial charge in [0.15, 0.2) is 17.5 Å². The third kappa shape index (κ3) is 6.29. The van der Waals surface area contributed by atoms with E-state index in [2.05, 4.69) is 44.1 Å². The second-order valence-electron chi connectivity index (χ2n) is 8.58. The van der Waals surface area contributed by atoms with Crippen molar-refractivity contribution in [2.45, 2.75) is 59.7 Å². The zero-order valence-corrected chi connectivity index (χ0v) is 22.0. The largest absolute Gasteiger partial charge is 0.460 e. The average Bonchev–Trinajstić information content (AvgIpc) is 3.26. The lowest BCUT2D eigenvalue weighted by molar-refractivity contribution is -0.147. The molecule has 0 spiro atoms. The quantitative estimate of drug-likeness (QED) is 0.160. The van der Waals surface area contributed by atoms with Crippen LogP contribution in [0.3, 0.4) is 0 Å². The van der Waals surface area contributed by atoms with Gasteiger partial charge in [-0.2, -0.15) is 0 Å². The minimum absolute atomic E-state index is 0.0673. The van der Waals surface area contributed by atoms with Gasteiger partial charge in [-0.05, 0) is 49.6 Å². The highest BCUT2D eigenvalue weighted by Gasteiger charge is 2.61. The van der Waals surface area contributed by atoms with Crippen LogP contribution >= 0.6 is 31.9 Å². The van der Waals surface area contributed by atoms with Gasteiger partial charge in [0, 0.05) is 13.7 Å². The summed E-state index contributed by atoms with van der Waals surface area (Å²) in [4.78, 5) is 12.6. The Labute approximate surface area is 204 Å². The van der Waals surface area contributed by atoms with Gasteiger partial charge in [-0.1, -0.05) is 46.1 Å². The number of nitrogens with one attached hydrogen (secondary N) is 1. The number of esters is 1. The fourth-order valence-corrected chi connectivity index (χ4v) is 4.49. The van der Waals surface area contributed by atoms with E-state index in [-0.39, 0.29) is 22.6 Å². The molecular formula is C23H30Br2F3NO3. The molecule has 9 heteroatoms. The van der Waals surface area contributed by atoms with Crippen LogP contribution in [0, 0.1) is 34.7 Å². The van der Waals surface area contributed by atoms with Crippen LogP contribution in [0.1, 0.15) is 57.6 Å². The zero-order valence-electron chi connectivity index (χ0n) is 18.8. The molecule has 2 atom stereocenters. The Bertz CT molecular complexity index is 858. The van der Waals surface area contributed by atoms with Crippen molar-refractivity contribution in [3.05, 3.63) is 38.0 Å². The van der Waals surface area contributed by atoms with E-state index in [0.29, 0.717) is 6.54 Å². The van der Waals surface area contributed by atoms with E-state index in [1.165, 1.54) is 7.11 Å². The molecule has 0 saturated heterocycles. The van der Waals surface area contributed by atoms with Gasteiger partial charge in [0.25, 0.3) is 0 Å². The summed E-state index contributed by atoms with van der Waals surface area (Å²) in [5.74, 6) is -4.53. The molecule has 0 unspecified atom stereocenters. The minimum Gasteiger partial charge on any atom is -0.460 e. The molecule has 0 amide bonds. The molecule has 1 aliphatic carbocycles. The number of hydrogen-bond acceptors (Lipinski definition) is 4. The summed E-state index contributed by atoms with van der Waals surface area (Å²) < 4.78 is 55.3. The summed E-state index contributed by atoms with van der Waals surface area (Å²) in [6, 6.07) is 0. The minimum atomic E-state index is -1.33. The molecule has 32 heavy (non-hydrogen) atoms. The monoisotopic (exact) mass is 583 g/mol. The zero-order chi connectivity index (χ0) is 24.1. The molecule has 1 saturated carbocycles. The summed E-state index contributed by atoms with van der Waals surface area (Å²) in [6.07, 6.45) is 5.60. The van der Waals surface area contributed by atoms with Crippen LogP contribution < -0.4 is 5.32 Å². The third-order valence-corrected chi connectivity index (χ3v) is 6.49. The molecule has 1 N–H and O–H groups in total. The van der Waals surface area contributed by atoms with Crippen LogP contribution in [0.15, 0.2) is 9.47 Å². The molecule has 1 aliphatic rings. The molecule has 2 rings (SSSR count). The number of benzene rings is 1. The maximum atomic E-state index is 15.1. The number of unbranched alkanes of at least 4 members (excludes halogenated alkanes) is 3. The lowest BCUT2D eigenvalue weighted by atomic mass is 10.1. The molecule has 0 aromatic heterocycles. The Morgan fingerprint density at radius 1 is 1.06 bits per heavy atom. The number of ether oxygens (including phenoxy) is 2. The molecule has 180 valence electrons. The second kappa shape index (κ2) is 11.9. The molecule has 0 heterocycles. The Kier molecular flexibility index (Phi) is 10.1. The molecule has 1 aromatic carbocycles. The van der Waals surface area contributed by atoms with Crippen molar-refractivity contribution in [1.82, 2.24) is 0 Å².